The fourth-order valence-electron chi connectivity index (χ4n) is 3.20. The molecule has 0 radical (unpaired) electrons. The number of nitrogens with one attached hydrogen (secondary N) is 2. The molecule has 0 unspecified atom stereocenters. The van der Waals surface area contributed by atoms with Crippen molar-refractivity contribution in [3.05, 3.63) is 92.9 Å². The summed E-state index contributed by atoms with van der Waals surface area (Å²) in [4.78, 5) is 39.5. The number of imide groups is 1. The van der Waals surface area contributed by atoms with Crippen LogP contribution in [0.3, 0.4) is 0 Å². The number of halogens is 2. The maximum Gasteiger partial charge on any atom is 0.268 e. The summed E-state index contributed by atoms with van der Waals surface area (Å²) in [6.45, 7) is 0. The van der Waals surface area contributed by atoms with Gasteiger partial charge in [0.05, 0.1) is 33.1 Å². The summed E-state index contributed by atoms with van der Waals surface area (Å²) in [5, 5.41) is 5.62. The molecule has 9 heteroatoms. The Bertz CT molecular complexity index is 1250. The predicted octanol–water partition coefficient (Wildman–Crippen LogP) is 5.03. The normalized spacial score (nSPS) is 12.5. The Hall–Kier alpha value is -3.07. The number of carbonyl (C=O) groups excluding carboxylic acids is 3. The Balaban J connectivity index is 1.57. The summed E-state index contributed by atoms with van der Waals surface area (Å²) in [7, 11) is 0. The van der Waals surface area contributed by atoms with Crippen LogP contribution in [0.4, 0.5) is 11.4 Å². The lowest BCUT2D eigenvalue weighted by Gasteiger charge is -2.14. The number of para-hydroxylation sites is 1. The second kappa shape index (κ2) is 8.58. The summed E-state index contributed by atoms with van der Waals surface area (Å²) < 4.78 is 0.687. The zero-order chi connectivity index (χ0) is 22.1. The Labute approximate surface area is 196 Å². The molecule has 0 aromatic heterocycles. The summed E-state index contributed by atoms with van der Waals surface area (Å²) in [6.07, 6.45) is 0. The Morgan fingerprint density at radius 3 is 2.45 bits per heavy atom. The van der Waals surface area contributed by atoms with Gasteiger partial charge in [0.2, 0.25) is 0 Å². The molecule has 31 heavy (non-hydrogen) atoms. The second-order valence-corrected chi connectivity index (χ2v) is 8.27. The van der Waals surface area contributed by atoms with Gasteiger partial charge in [-0.3, -0.25) is 19.7 Å². The van der Waals surface area contributed by atoms with Gasteiger partial charge in [0.25, 0.3) is 17.7 Å². The third-order valence-electron chi connectivity index (χ3n) is 4.58. The van der Waals surface area contributed by atoms with E-state index in [0.717, 1.165) is 4.90 Å². The molecule has 154 valence electrons. The average molecular weight is 515 g/mol. The zero-order valence-electron chi connectivity index (χ0n) is 15.7. The molecule has 3 aromatic carbocycles. The van der Waals surface area contributed by atoms with Crippen LogP contribution in [0.5, 0.6) is 0 Å². The first-order valence-corrected chi connectivity index (χ1v) is 10.6. The summed E-state index contributed by atoms with van der Waals surface area (Å²) in [5.41, 5.74) is 1.47. The number of hydrogen-bond acceptors (Lipinski definition) is 4. The van der Waals surface area contributed by atoms with Crippen LogP contribution in [0, 0.1) is 0 Å². The number of thiocarbonyl (C=S) groups is 1. The fraction of sp³-hybridized carbons (Fsp3) is 0. The van der Waals surface area contributed by atoms with Gasteiger partial charge in [-0.1, -0.05) is 51.8 Å². The van der Waals surface area contributed by atoms with Gasteiger partial charge in [-0.05, 0) is 54.7 Å². The highest BCUT2D eigenvalue weighted by molar-refractivity contribution is 9.10. The zero-order valence-corrected chi connectivity index (χ0v) is 18.8. The van der Waals surface area contributed by atoms with E-state index in [9.17, 15) is 14.4 Å². The molecule has 0 spiro atoms. The van der Waals surface area contributed by atoms with E-state index in [1.165, 1.54) is 0 Å². The van der Waals surface area contributed by atoms with Gasteiger partial charge in [0.15, 0.2) is 5.11 Å². The third-order valence-corrected chi connectivity index (χ3v) is 5.60. The molecular formula is C22H13BrClN3O3S. The van der Waals surface area contributed by atoms with E-state index in [1.54, 1.807) is 66.7 Å². The van der Waals surface area contributed by atoms with E-state index in [0.29, 0.717) is 15.8 Å². The van der Waals surface area contributed by atoms with Gasteiger partial charge in [-0.15, -0.1) is 0 Å². The quantitative estimate of drug-likeness (QED) is 0.379. The number of fused-ring (bicyclic) bond motifs is 1. The number of rotatable bonds is 3. The van der Waals surface area contributed by atoms with Crippen LogP contribution in [0.2, 0.25) is 5.02 Å². The van der Waals surface area contributed by atoms with E-state index in [-0.39, 0.29) is 26.8 Å². The lowest BCUT2D eigenvalue weighted by atomic mass is 10.1. The van der Waals surface area contributed by atoms with Crippen LogP contribution < -0.4 is 15.5 Å². The molecule has 3 aromatic rings. The van der Waals surface area contributed by atoms with Crippen LogP contribution in [0.1, 0.15) is 31.1 Å². The maximum atomic E-state index is 13.0. The molecule has 3 amide bonds. The van der Waals surface area contributed by atoms with E-state index < -0.39 is 17.7 Å². The molecule has 2 N–H and O–H groups in total. The number of anilines is 2. The first-order chi connectivity index (χ1) is 14.9. The van der Waals surface area contributed by atoms with Crippen LogP contribution in [0.15, 0.2) is 71.2 Å². The molecule has 0 atom stereocenters. The molecule has 0 aliphatic carbocycles. The van der Waals surface area contributed by atoms with Crippen molar-refractivity contribution < 1.29 is 14.4 Å². The van der Waals surface area contributed by atoms with Gasteiger partial charge in [-0.2, -0.15) is 0 Å². The minimum absolute atomic E-state index is 0.0344. The molecule has 1 aliphatic heterocycles. The monoisotopic (exact) mass is 513 g/mol. The molecule has 4 rings (SSSR count). The number of hydrogen-bond donors (Lipinski definition) is 2. The van der Waals surface area contributed by atoms with Crippen molar-refractivity contribution in [2.24, 2.45) is 0 Å². The fourth-order valence-corrected chi connectivity index (χ4v) is 3.96. The molecule has 0 fully saturated rings. The van der Waals surface area contributed by atoms with Crippen molar-refractivity contribution >= 4 is 74.0 Å². The molecule has 0 bridgehead atoms. The van der Waals surface area contributed by atoms with Crippen LogP contribution in [-0.4, -0.2) is 22.8 Å². The van der Waals surface area contributed by atoms with Crippen molar-refractivity contribution in [1.29, 1.82) is 0 Å². The minimum atomic E-state index is -0.510. The number of nitrogens with zero attached hydrogens (tertiary/aromatic N) is 1. The molecule has 6 nitrogen and oxygen atoms in total. The van der Waals surface area contributed by atoms with Crippen molar-refractivity contribution in [2.75, 3.05) is 10.2 Å². The smallest absolute Gasteiger partial charge is 0.268 e. The predicted molar refractivity (Wildman–Crippen MR) is 127 cm³/mol. The van der Waals surface area contributed by atoms with Gasteiger partial charge in [0.1, 0.15) is 0 Å². The highest BCUT2D eigenvalue weighted by atomic mass is 79.9. The third kappa shape index (κ3) is 4.10. The van der Waals surface area contributed by atoms with Crippen molar-refractivity contribution in [1.82, 2.24) is 5.32 Å². The molecular weight excluding hydrogens is 502 g/mol. The van der Waals surface area contributed by atoms with Crippen LogP contribution in [-0.2, 0) is 0 Å². The second-order valence-electron chi connectivity index (χ2n) is 6.54. The maximum absolute atomic E-state index is 13.0. The Morgan fingerprint density at radius 2 is 1.71 bits per heavy atom. The van der Waals surface area contributed by atoms with Crippen molar-refractivity contribution in [2.45, 2.75) is 0 Å². The first-order valence-electron chi connectivity index (χ1n) is 9.01. The van der Waals surface area contributed by atoms with E-state index in [4.69, 9.17) is 23.8 Å². The first kappa shape index (κ1) is 21.2. The van der Waals surface area contributed by atoms with Gasteiger partial charge in [-0.25, -0.2) is 4.90 Å². The molecule has 0 saturated carbocycles. The standard InChI is InChI=1S/C22H13BrClN3O3S/c23-12-9-10-16(24)15(11-12)19(28)26-22(31)25-17-8-4-7-14-18(17)21(30)27(20(14)29)13-5-2-1-3-6-13/h1-11H,(H2,25,26,28,31). The van der Waals surface area contributed by atoms with E-state index in [2.05, 4.69) is 26.6 Å². The molecule has 0 saturated heterocycles. The van der Waals surface area contributed by atoms with Crippen molar-refractivity contribution in [3.8, 4) is 0 Å². The van der Waals surface area contributed by atoms with Crippen LogP contribution in [0.25, 0.3) is 0 Å². The summed E-state index contributed by atoms with van der Waals surface area (Å²) in [6, 6.07) is 18.3. The number of benzene rings is 3. The Kier molecular flexibility index (Phi) is 5.86. The summed E-state index contributed by atoms with van der Waals surface area (Å²) in [5.74, 6) is -1.41. The topological polar surface area (TPSA) is 78.5 Å². The molecule has 1 heterocycles. The minimum Gasteiger partial charge on any atom is -0.332 e. The Morgan fingerprint density at radius 1 is 0.968 bits per heavy atom. The number of carbonyl (C=O) groups is 3. The van der Waals surface area contributed by atoms with Crippen molar-refractivity contribution in [3.63, 3.8) is 0 Å². The van der Waals surface area contributed by atoms with E-state index >= 15 is 0 Å². The average Bonchev–Trinajstić information content (AvgIpc) is 3.01. The number of amides is 3. The van der Waals surface area contributed by atoms with Gasteiger partial charge in [0, 0.05) is 4.47 Å². The lowest BCUT2D eigenvalue weighted by molar-refractivity contribution is 0.0924. The largest absolute Gasteiger partial charge is 0.332 e. The highest BCUT2D eigenvalue weighted by Gasteiger charge is 2.38. The highest BCUT2D eigenvalue weighted by Crippen LogP contribution is 2.32. The van der Waals surface area contributed by atoms with Crippen LogP contribution >= 0.6 is 39.7 Å². The SMILES string of the molecule is O=C(NC(=S)Nc1cccc2c1C(=O)N(c1ccccc1)C2=O)c1cc(Br)ccc1Cl. The lowest BCUT2D eigenvalue weighted by Crippen LogP contribution is -2.35. The van der Waals surface area contributed by atoms with Gasteiger partial charge >= 0.3 is 0 Å². The summed E-state index contributed by atoms with van der Waals surface area (Å²) >= 11 is 14.6. The molecule has 1 aliphatic rings. The van der Waals surface area contributed by atoms with E-state index in [1.807, 2.05) is 0 Å². The van der Waals surface area contributed by atoms with Gasteiger partial charge < -0.3 is 5.32 Å².